The van der Waals surface area contributed by atoms with E-state index in [-0.39, 0.29) is 10.8 Å². The molecule has 7 nitrogen and oxygen atoms in total. The van der Waals surface area contributed by atoms with Gasteiger partial charge in [0.1, 0.15) is 5.75 Å². The van der Waals surface area contributed by atoms with Crippen LogP contribution in [0.15, 0.2) is 64.9 Å². The number of nitrogens with one attached hydrogen (secondary N) is 1. The first-order valence-electron chi connectivity index (χ1n) is 7.63. The van der Waals surface area contributed by atoms with Crippen molar-refractivity contribution < 1.29 is 13.2 Å². The van der Waals surface area contributed by atoms with Gasteiger partial charge in [-0.2, -0.15) is 4.98 Å². The van der Waals surface area contributed by atoms with Crippen molar-refractivity contribution in [2.75, 3.05) is 11.8 Å². The minimum Gasteiger partial charge on any atom is -0.497 e. The third-order valence-corrected chi connectivity index (χ3v) is 5.91. The van der Waals surface area contributed by atoms with Crippen molar-refractivity contribution in [2.24, 2.45) is 0 Å². The number of thiazole rings is 1. The minimum atomic E-state index is -3.78. The molecule has 0 fully saturated rings. The zero-order valence-corrected chi connectivity index (χ0v) is 15.3. The van der Waals surface area contributed by atoms with Crippen LogP contribution in [0.3, 0.4) is 0 Å². The van der Waals surface area contributed by atoms with Gasteiger partial charge < -0.3 is 4.74 Å². The SMILES string of the molecule is COc1ccc(S(=O)(=O)Nc2nc3scc(-c4ccccc4)n3n2)cc1. The lowest BCUT2D eigenvalue weighted by atomic mass is 10.2. The summed E-state index contributed by atoms with van der Waals surface area (Å²) in [6, 6.07) is 15.8. The van der Waals surface area contributed by atoms with E-state index in [4.69, 9.17) is 4.74 Å². The third kappa shape index (κ3) is 3.02. The Kier molecular flexibility index (Phi) is 4.09. The molecule has 4 aromatic rings. The molecule has 0 amide bonds. The fourth-order valence-electron chi connectivity index (χ4n) is 2.47. The minimum absolute atomic E-state index is 0.0323. The van der Waals surface area contributed by atoms with Crippen LogP contribution >= 0.6 is 11.3 Å². The average molecular weight is 386 g/mol. The molecule has 2 heterocycles. The van der Waals surface area contributed by atoms with Crippen LogP contribution in [0.1, 0.15) is 0 Å². The lowest BCUT2D eigenvalue weighted by molar-refractivity contribution is 0.414. The molecule has 2 aromatic heterocycles. The van der Waals surface area contributed by atoms with E-state index in [1.807, 2.05) is 35.7 Å². The van der Waals surface area contributed by atoms with E-state index in [2.05, 4.69) is 14.8 Å². The molecule has 0 unspecified atom stereocenters. The summed E-state index contributed by atoms with van der Waals surface area (Å²) in [6.45, 7) is 0. The molecule has 26 heavy (non-hydrogen) atoms. The van der Waals surface area contributed by atoms with Crippen LogP contribution in [0.5, 0.6) is 5.75 Å². The molecule has 0 bridgehead atoms. The number of aromatic nitrogens is 3. The lowest BCUT2D eigenvalue weighted by Crippen LogP contribution is -2.14. The maximum atomic E-state index is 12.5. The van der Waals surface area contributed by atoms with E-state index < -0.39 is 10.0 Å². The molecule has 1 N–H and O–H groups in total. The molecule has 0 aliphatic heterocycles. The highest BCUT2D eigenvalue weighted by molar-refractivity contribution is 7.92. The number of anilines is 1. The molecule has 0 saturated heterocycles. The Hall–Kier alpha value is -2.91. The number of ether oxygens (including phenoxy) is 1. The van der Waals surface area contributed by atoms with Crippen molar-refractivity contribution in [3.05, 3.63) is 60.0 Å². The van der Waals surface area contributed by atoms with Gasteiger partial charge in [-0.05, 0) is 24.3 Å². The fourth-order valence-corrected chi connectivity index (χ4v) is 4.24. The van der Waals surface area contributed by atoms with E-state index in [1.54, 1.807) is 16.6 Å². The summed E-state index contributed by atoms with van der Waals surface area (Å²) in [5, 5.41) is 6.23. The van der Waals surface area contributed by atoms with Crippen LogP contribution in [0, 0.1) is 0 Å². The van der Waals surface area contributed by atoms with Gasteiger partial charge in [-0.1, -0.05) is 30.3 Å². The van der Waals surface area contributed by atoms with E-state index in [0.717, 1.165) is 11.3 Å². The van der Waals surface area contributed by atoms with Gasteiger partial charge in [-0.15, -0.1) is 16.4 Å². The number of fused-ring (bicyclic) bond motifs is 1. The van der Waals surface area contributed by atoms with Crippen LogP contribution < -0.4 is 9.46 Å². The number of hydrogen-bond acceptors (Lipinski definition) is 6. The maximum absolute atomic E-state index is 12.5. The van der Waals surface area contributed by atoms with E-state index in [1.165, 1.54) is 30.6 Å². The van der Waals surface area contributed by atoms with Crippen molar-refractivity contribution >= 4 is 32.3 Å². The Bertz CT molecular complexity index is 1150. The molecule has 0 saturated carbocycles. The highest BCUT2D eigenvalue weighted by Gasteiger charge is 2.18. The van der Waals surface area contributed by atoms with Crippen molar-refractivity contribution in [1.82, 2.24) is 14.6 Å². The largest absolute Gasteiger partial charge is 0.497 e. The smallest absolute Gasteiger partial charge is 0.264 e. The average Bonchev–Trinajstić information content (AvgIpc) is 3.22. The van der Waals surface area contributed by atoms with Crippen LogP contribution in [-0.2, 0) is 10.0 Å². The molecule has 0 radical (unpaired) electrons. The number of rotatable bonds is 5. The number of hydrogen-bond donors (Lipinski definition) is 1. The summed E-state index contributed by atoms with van der Waals surface area (Å²) >= 11 is 1.39. The van der Waals surface area contributed by atoms with Gasteiger partial charge in [0.15, 0.2) is 0 Å². The summed E-state index contributed by atoms with van der Waals surface area (Å²) < 4.78 is 34.1. The first-order chi connectivity index (χ1) is 12.6. The van der Waals surface area contributed by atoms with Crippen LogP contribution in [0.2, 0.25) is 0 Å². The first kappa shape index (κ1) is 16.6. The molecule has 132 valence electrons. The monoisotopic (exact) mass is 386 g/mol. The third-order valence-electron chi connectivity index (χ3n) is 3.75. The Morgan fingerprint density at radius 3 is 2.50 bits per heavy atom. The second-order valence-corrected chi connectivity index (χ2v) is 7.92. The lowest BCUT2D eigenvalue weighted by Gasteiger charge is -2.05. The Morgan fingerprint density at radius 1 is 1.08 bits per heavy atom. The van der Waals surface area contributed by atoms with Crippen LogP contribution in [-0.4, -0.2) is 30.1 Å². The van der Waals surface area contributed by atoms with Crippen molar-refractivity contribution in [3.63, 3.8) is 0 Å². The molecule has 0 spiro atoms. The maximum Gasteiger partial charge on any atom is 0.264 e. The van der Waals surface area contributed by atoms with Crippen LogP contribution in [0.4, 0.5) is 5.95 Å². The fraction of sp³-hybridized carbons (Fsp3) is 0.0588. The summed E-state index contributed by atoms with van der Waals surface area (Å²) in [7, 11) is -2.26. The molecule has 0 aliphatic carbocycles. The number of benzene rings is 2. The molecule has 9 heteroatoms. The first-order valence-corrected chi connectivity index (χ1v) is 10.00. The van der Waals surface area contributed by atoms with Gasteiger partial charge in [0.05, 0.1) is 17.7 Å². The van der Waals surface area contributed by atoms with Gasteiger partial charge in [0.2, 0.25) is 4.96 Å². The molecular formula is C17H14N4O3S2. The summed E-state index contributed by atoms with van der Waals surface area (Å²) in [4.78, 5) is 4.98. The summed E-state index contributed by atoms with van der Waals surface area (Å²) in [6.07, 6.45) is 0. The van der Waals surface area contributed by atoms with Gasteiger partial charge in [0.25, 0.3) is 16.0 Å². The second kappa shape index (κ2) is 6.43. The highest BCUT2D eigenvalue weighted by Crippen LogP contribution is 2.26. The molecule has 0 aliphatic rings. The Labute approximate surface area is 154 Å². The second-order valence-electron chi connectivity index (χ2n) is 5.40. The van der Waals surface area contributed by atoms with Gasteiger partial charge in [0, 0.05) is 10.9 Å². The number of methoxy groups -OCH3 is 1. The molecule has 2 aromatic carbocycles. The summed E-state index contributed by atoms with van der Waals surface area (Å²) in [5.41, 5.74) is 1.83. The predicted octanol–water partition coefficient (Wildman–Crippen LogP) is 3.27. The summed E-state index contributed by atoms with van der Waals surface area (Å²) in [5.74, 6) is 0.613. The van der Waals surface area contributed by atoms with E-state index in [0.29, 0.717) is 10.7 Å². The van der Waals surface area contributed by atoms with Gasteiger partial charge in [-0.25, -0.2) is 17.7 Å². The topological polar surface area (TPSA) is 85.6 Å². The predicted molar refractivity (Wildman–Crippen MR) is 100 cm³/mol. The zero-order valence-electron chi connectivity index (χ0n) is 13.7. The molecule has 4 rings (SSSR count). The number of sulfonamides is 1. The highest BCUT2D eigenvalue weighted by atomic mass is 32.2. The van der Waals surface area contributed by atoms with E-state index >= 15 is 0 Å². The Balaban J connectivity index is 1.66. The number of nitrogens with zero attached hydrogens (tertiary/aromatic N) is 3. The normalized spacial score (nSPS) is 11.6. The molecular weight excluding hydrogens is 372 g/mol. The quantitative estimate of drug-likeness (QED) is 0.569. The van der Waals surface area contributed by atoms with Crippen molar-refractivity contribution in [2.45, 2.75) is 4.90 Å². The van der Waals surface area contributed by atoms with Crippen molar-refractivity contribution in [1.29, 1.82) is 0 Å². The van der Waals surface area contributed by atoms with E-state index in [9.17, 15) is 8.42 Å². The standard InChI is InChI=1S/C17H14N4O3S2/c1-24-13-7-9-14(10-8-13)26(22,23)20-16-18-17-21(19-16)15(11-25-17)12-5-3-2-4-6-12/h2-11H,1H3,(H,19,20). The van der Waals surface area contributed by atoms with Crippen molar-refractivity contribution in [3.8, 4) is 17.0 Å². The van der Waals surface area contributed by atoms with Gasteiger partial charge in [-0.3, -0.25) is 0 Å². The molecule has 0 atom stereocenters. The zero-order chi connectivity index (χ0) is 18.1. The Morgan fingerprint density at radius 2 is 1.81 bits per heavy atom. The van der Waals surface area contributed by atoms with Crippen LogP contribution in [0.25, 0.3) is 16.2 Å². The van der Waals surface area contributed by atoms with Gasteiger partial charge >= 0.3 is 0 Å².